The monoisotopic (exact) mass is 368 g/mol. The summed E-state index contributed by atoms with van der Waals surface area (Å²) in [7, 11) is 0. The lowest BCUT2D eigenvalue weighted by Gasteiger charge is -2.32. The van der Waals surface area contributed by atoms with Gasteiger partial charge in [-0.05, 0) is 64.0 Å². The highest BCUT2D eigenvalue weighted by Crippen LogP contribution is 2.23. The minimum Gasteiger partial charge on any atom is -0.355 e. The molecule has 0 bridgehead atoms. The summed E-state index contributed by atoms with van der Waals surface area (Å²) in [6.45, 7) is 4.29. The van der Waals surface area contributed by atoms with Crippen LogP contribution in [0.4, 0.5) is 5.82 Å². The van der Waals surface area contributed by atoms with Crippen LogP contribution in [-0.4, -0.2) is 45.4 Å². The summed E-state index contributed by atoms with van der Waals surface area (Å²) in [4.78, 5) is 14.8. The van der Waals surface area contributed by atoms with E-state index in [1.807, 2.05) is 19.1 Å². The molecule has 2 aromatic rings. The highest BCUT2D eigenvalue weighted by atomic mass is 16.1. The molecular weight excluding hydrogens is 340 g/mol. The maximum absolute atomic E-state index is 12.6. The fraction of sp³-hybridized carbons (Fsp3) is 0.600. The first-order chi connectivity index (χ1) is 13.2. The number of allylic oxidation sites excluding steroid dienone is 1. The maximum atomic E-state index is 12.6. The molecule has 144 valence electrons. The number of aromatic nitrogens is 4. The van der Waals surface area contributed by atoms with Crippen molar-refractivity contribution in [1.29, 1.82) is 0 Å². The Morgan fingerprint density at radius 1 is 1.26 bits per heavy atom. The molecule has 0 radical (unpaired) electrons. The summed E-state index contributed by atoms with van der Waals surface area (Å²) in [5.74, 6) is 1.86. The van der Waals surface area contributed by atoms with Gasteiger partial charge in [-0.25, -0.2) is 0 Å². The smallest absolute Gasteiger partial charge is 0.224 e. The van der Waals surface area contributed by atoms with E-state index in [9.17, 15) is 4.79 Å². The van der Waals surface area contributed by atoms with Gasteiger partial charge in [-0.3, -0.25) is 4.79 Å². The van der Waals surface area contributed by atoms with Crippen molar-refractivity contribution in [2.45, 2.75) is 51.9 Å². The third-order valence-electron chi connectivity index (χ3n) is 5.65. The van der Waals surface area contributed by atoms with E-state index in [-0.39, 0.29) is 11.8 Å². The molecule has 1 saturated heterocycles. The van der Waals surface area contributed by atoms with Gasteiger partial charge in [0.2, 0.25) is 5.91 Å². The first-order valence-electron chi connectivity index (χ1n) is 10.1. The van der Waals surface area contributed by atoms with Crippen molar-refractivity contribution in [3.8, 4) is 0 Å². The van der Waals surface area contributed by atoms with Gasteiger partial charge in [-0.15, -0.1) is 15.3 Å². The van der Waals surface area contributed by atoms with Crippen LogP contribution in [0, 0.1) is 12.8 Å². The van der Waals surface area contributed by atoms with E-state index < -0.39 is 0 Å². The highest BCUT2D eigenvalue weighted by molar-refractivity contribution is 5.79. The van der Waals surface area contributed by atoms with Crippen molar-refractivity contribution in [3.05, 3.63) is 29.6 Å². The number of nitrogens with one attached hydrogen (secondary N) is 1. The van der Waals surface area contributed by atoms with E-state index in [1.54, 1.807) is 4.52 Å². The van der Waals surface area contributed by atoms with Gasteiger partial charge in [0.05, 0.1) is 5.92 Å². The molecule has 1 fully saturated rings. The molecule has 2 aromatic heterocycles. The summed E-state index contributed by atoms with van der Waals surface area (Å²) in [6.07, 6.45) is 10.3. The molecule has 1 aliphatic heterocycles. The van der Waals surface area contributed by atoms with Crippen LogP contribution in [0.5, 0.6) is 0 Å². The lowest BCUT2D eigenvalue weighted by Crippen LogP contribution is -2.43. The topological polar surface area (TPSA) is 75.4 Å². The zero-order valence-corrected chi connectivity index (χ0v) is 16.0. The van der Waals surface area contributed by atoms with Gasteiger partial charge in [0, 0.05) is 19.6 Å². The fourth-order valence-corrected chi connectivity index (χ4v) is 4.08. The number of aryl methyl sites for hydroxylation is 1. The van der Waals surface area contributed by atoms with E-state index >= 15 is 0 Å². The number of nitrogens with zero attached hydrogens (tertiary/aromatic N) is 5. The molecule has 1 atom stereocenters. The Morgan fingerprint density at radius 2 is 2.19 bits per heavy atom. The number of hydrogen-bond acceptors (Lipinski definition) is 5. The average molecular weight is 368 g/mol. The Kier molecular flexibility index (Phi) is 5.36. The zero-order valence-electron chi connectivity index (χ0n) is 16.0. The summed E-state index contributed by atoms with van der Waals surface area (Å²) in [5, 5.41) is 16.0. The summed E-state index contributed by atoms with van der Waals surface area (Å²) >= 11 is 0. The van der Waals surface area contributed by atoms with Crippen LogP contribution < -0.4 is 10.2 Å². The number of rotatable bonds is 5. The second-order valence-corrected chi connectivity index (χ2v) is 7.64. The normalized spacial score (nSPS) is 20.6. The number of piperidine rings is 1. The van der Waals surface area contributed by atoms with E-state index in [0.717, 1.165) is 49.6 Å². The Bertz CT molecular complexity index is 842. The lowest BCUT2D eigenvalue weighted by molar-refractivity contribution is -0.125. The molecule has 7 heteroatoms. The minimum absolute atomic E-state index is 0.0265. The van der Waals surface area contributed by atoms with Gasteiger partial charge in [0.1, 0.15) is 5.82 Å². The van der Waals surface area contributed by atoms with E-state index in [4.69, 9.17) is 0 Å². The molecule has 7 nitrogen and oxygen atoms in total. The standard InChI is InChI=1S/C20H28N6O/c1-15-22-23-18-9-10-19(24-26(15)18)25-13-5-8-17(14-25)20(27)21-12-11-16-6-3-2-4-7-16/h6,9-10,17H,2-5,7-8,11-14H2,1H3,(H,21,27). The van der Waals surface area contributed by atoms with Crippen molar-refractivity contribution < 1.29 is 4.79 Å². The van der Waals surface area contributed by atoms with Gasteiger partial charge in [-0.1, -0.05) is 11.6 Å². The van der Waals surface area contributed by atoms with Crippen molar-refractivity contribution in [2.24, 2.45) is 5.92 Å². The first kappa shape index (κ1) is 17.9. The molecule has 1 N–H and O–H groups in total. The van der Waals surface area contributed by atoms with E-state index in [0.29, 0.717) is 6.54 Å². The quantitative estimate of drug-likeness (QED) is 0.821. The van der Waals surface area contributed by atoms with Crippen molar-refractivity contribution in [2.75, 3.05) is 24.5 Å². The van der Waals surface area contributed by atoms with Crippen LogP contribution in [0.25, 0.3) is 5.65 Å². The second kappa shape index (κ2) is 8.06. The van der Waals surface area contributed by atoms with Crippen LogP contribution in [-0.2, 0) is 4.79 Å². The molecule has 1 aliphatic carbocycles. The molecular formula is C20H28N6O. The summed E-state index contributed by atoms with van der Waals surface area (Å²) in [5.41, 5.74) is 2.26. The average Bonchev–Trinajstić information content (AvgIpc) is 3.09. The Morgan fingerprint density at radius 3 is 3.04 bits per heavy atom. The molecule has 1 unspecified atom stereocenters. The largest absolute Gasteiger partial charge is 0.355 e. The molecule has 2 aliphatic rings. The minimum atomic E-state index is 0.0265. The Hall–Kier alpha value is -2.44. The zero-order chi connectivity index (χ0) is 18.6. The molecule has 1 amide bonds. The Balaban J connectivity index is 1.34. The van der Waals surface area contributed by atoms with Crippen LogP contribution in [0.3, 0.4) is 0 Å². The van der Waals surface area contributed by atoms with Crippen molar-refractivity contribution >= 4 is 17.4 Å². The predicted octanol–water partition coefficient (Wildman–Crippen LogP) is 2.66. The SMILES string of the molecule is Cc1nnc2ccc(N3CCCC(C(=O)NCCC4=CCCCC4)C3)nn12. The fourth-order valence-electron chi connectivity index (χ4n) is 4.08. The first-order valence-corrected chi connectivity index (χ1v) is 10.1. The van der Waals surface area contributed by atoms with Crippen molar-refractivity contribution in [1.82, 2.24) is 25.1 Å². The van der Waals surface area contributed by atoms with Crippen LogP contribution >= 0.6 is 0 Å². The number of carbonyl (C=O) groups excluding carboxylic acids is 1. The van der Waals surface area contributed by atoms with Gasteiger partial charge < -0.3 is 10.2 Å². The van der Waals surface area contributed by atoms with Crippen molar-refractivity contribution in [3.63, 3.8) is 0 Å². The summed E-state index contributed by atoms with van der Waals surface area (Å²) < 4.78 is 1.76. The van der Waals surface area contributed by atoms with E-state index in [2.05, 4.69) is 31.6 Å². The number of carbonyl (C=O) groups is 1. The van der Waals surface area contributed by atoms with Crippen LogP contribution in [0.15, 0.2) is 23.8 Å². The number of anilines is 1. The maximum Gasteiger partial charge on any atom is 0.224 e. The van der Waals surface area contributed by atoms with Crippen LogP contribution in [0.2, 0.25) is 0 Å². The number of fused-ring (bicyclic) bond motifs is 1. The van der Waals surface area contributed by atoms with Gasteiger partial charge in [-0.2, -0.15) is 4.52 Å². The highest BCUT2D eigenvalue weighted by Gasteiger charge is 2.26. The van der Waals surface area contributed by atoms with Gasteiger partial charge >= 0.3 is 0 Å². The number of hydrogen-bond donors (Lipinski definition) is 1. The van der Waals surface area contributed by atoms with Gasteiger partial charge in [0.15, 0.2) is 11.5 Å². The molecule has 0 spiro atoms. The van der Waals surface area contributed by atoms with Gasteiger partial charge in [0.25, 0.3) is 0 Å². The second-order valence-electron chi connectivity index (χ2n) is 7.64. The van der Waals surface area contributed by atoms with E-state index in [1.165, 1.54) is 31.3 Å². The third kappa shape index (κ3) is 4.12. The lowest BCUT2D eigenvalue weighted by atomic mass is 9.96. The molecule has 0 aromatic carbocycles. The molecule has 3 heterocycles. The summed E-state index contributed by atoms with van der Waals surface area (Å²) in [6, 6.07) is 3.91. The molecule has 0 saturated carbocycles. The molecule has 4 rings (SSSR count). The predicted molar refractivity (Wildman–Crippen MR) is 105 cm³/mol. The molecule has 27 heavy (non-hydrogen) atoms. The third-order valence-corrected chi connectivity index (χ3v) is 5.65. The Labute approximate surface area is 159 Å². The number of amides is 1. The van der Waals surface area contributed by atoms with Crippen LogP contribution in [0.1, 0.15) is 50.8 Å².